The van der Waals surface area contributed by atoms with E-state index >= 15 is 0 Å². The van der Waals surface area contributed by atoms with Gasteiger partial charge in [0.05, 0.1) is 6.10 Å². The summed E-state index contributed by atoms with van der Waals surface area (Å²) >= 11 is 0. The van der Waals surface area contributed by atoms with Gasteiger partial charge >= 0.3 is 12.0 Å². The van der Waals surface area contributed by atoms with Crippen LogP contribution in [0, 0.1) is 0 Å². The molecule has 2 rings (SSSR count). The molecule has 0 spiro atoms. The van der Waals surface area contributed by atoms with Crippen LogP contribution in [-0.4, -0.2) is 51.8 Å². The third-order valence-electron chi connectivity index (χ3n) is 4.21. The third kappa shape index (κ3) is 3.18. The number of aliphatic carboxylic acids is 1. The Labute approximate surface area is 112 Å². The van der Waals surface area contributed by atoms with E-state index in [1.807, 2.05) is 0 Å². The zero-order valence-electron chi connectivity index (χ0n) is 11.1. The molecule has 0 aromatic carbocycles. The first-order valence-electron chi connectivity index (χ1n) is 7.02. The lowest BCUT2D eigenvalue weighted by Crippen LogP contribution is -2.59. The fourth-order valence-electron chi connectivity index (χ4n) is 2.90. The maximum atomic E-state index is 12.2. The highest BCUT2D eigenvalue weighted by atomic mass is 16.4. The van der Waals surface area contributed by atoms with Gasteiger partial charge in [-0.25, -0.2) is 9.59 Å². The number of urea groups is 1. The number of carboxylic acids is 1. The number of rotatable bonds is 2. The number of nitrogens with zero attached hydrogens (tertiary/aromatic N) is 1. The number of likely N-dealkylation sites (tertiary alicyclic amines) is 1. The molecule has 1 heterocycles. The van der Waals surface area contributed by atoms with Gasteiger partial charge in [0.1, 0.15) is 5.54 Å². The molecule has 0 bridgehead atoms. The van der Waals surface area contributed by atoms with Crippen LogP contribution < -0.4 is 5.32 Å². The average molecular weight is 270 g/mol. The van der Waals surface area contributed by atoms with Crippen LogP contribution in [0.2, 0.25) is 0 Å². The number of carbonyl (C=O) groups excluding carboxylic acids is 1. The van der Waals surface area contributed by atoms with E-state index in [0.717, 1.165) is 19.3 Å². The van der Waals surface area contributed by atoms with Gasteiger partial charge in [-0.2, -0.15) is 0 Å². The fraction of sp³-hybridized carbons (Fsp3) is 0.846. The number of piperidine rings is 1. The largest absolute Gasteiger partial charge is 0.480 e. The lowest BCUT2D eigenvalue weighted by Gasteiger charge is -2.37. The standard InChI is InChI=1S/C13H22N2O4/c16-10-4-8-15(9-5-10)12(19)14-13(11(17)18)6-2-1-3-7-13/h10,16H,1-9H2,(H,14,19)(H,17,18). The first-order chi connectivity index (χ1) is 9.03. The first-order valence-corrected chi connectivity index (χ1v) is 7.02. The summed E-state index contributed by atoms with van der Waals surface area (Å²) in [4.78, 5) is 25.2. The summed E-state index contributed by atoms with van der Waals surface area (Å²) in [7, 11) is 0. The molecular formula is C13H22N2O4. The average Bonchev–Trinajstić information content (AvgIpc) is 2.40. The number of carboxylic acid groups (broad SMARTS) is 1. The van der Waals surface area contributed by atoms with Crippen molar-refractivity contribution in [1.82, 2.24) is 10.2 Å². The topological polar surface area (TPSA) is 89.9 Å². The minimum Gasteiger partial charge on any atom is -0.480 e. The van der Waals surface area contributed by atoms with E-state index in [2.05, 4.69) is 5.32 Å². The van der Waals surface area contributed by atoms with Crippen molar-refractivity contribution in [3.8, 4) is 0 Å². The molecule has 1 aliphatic heterocycles. The Hall–Kier alpha value is -1.30. The van der Waals surface area contributed by atoms with Crippen LogP contribution in [0.3, 0.4) is 0 Å². The first kappa shape index (κ1) is 14.1. The van der Waals surface area contributed by atoms with Crippen LogP contribution in [0.4, 0.5) is 4.79 Å². The molecule has 108 valence electrons. The van der Waals surface area contributed by atoms with Crippen molar-refractivity contribution >= 4 is 12.0 Å². The molecule has 3 N–H and O–H groups in total. The van der Waals surface area contributed by atoms with Crippen LogP contribution in [0.5, 0.6) is 0 Å². The SMILES string of the molecule is O=C(NC1(C(=O)O)CCCCC1)N1CCC(O)CC1. The van der Waals surface area contributed by atoms with Gasteiger partial charge in [0.15, 0.2) is 0 Å². The van der Waals surface area contributed by atoms with E-state index in [1.165, 1.54) is 0 Å². The van der Waals surface area contributed by atoms with Gasteiger partial charge in [0, 0.05) is 13.1 Å². The van der Waals surface area contributed by atoms with E-state index in [-0.39, 0.29) is 12.1 Å². The second-order valence-electron chi connectivity index (χ2n) is 5.60. The zero-order chi connectivity index (χ0) is 13.9. The molecule has 0 radical (unpaired) electrons. The second-order valence-corrected chi connectivity index (χ2v) is 5.60. The smallest absolute Gasteiger partial charge is 0.329 e. The number of hydrogen-bond acceptors (Lipinski definition) is 3. The van der Waals surface area contributed by atoms with E-state index in [1.54, 1.807) is 4.90 Å². The molecule has 1 saturated heterocycles. The van der Waals surface area contributed by atoms with Crippen molar-refractivity contribution in [3.63, 3.8) is 0 Å². The maximum absolute atomic E-state index is 12.2. The van der Waals surface area contributed by atoms with Crippen LogP contribution in [0.15, 0.2) is 0 Å². The van der Waals surface area contributed by atoms with Crippen molar-refractivity contribution in [3.05, 3.63) is 0 Å². The number of aliphatic hydroxyl groups is 1. The quantitative estimate of drug-likeness (QED) is 0.696. The Bertz CT molecular complexity index is 345. The van der Waals surface area contributed by atoms with E-state index in [0.29, 0.717) is 38.8 Å². The maximum Gasteiger partial charge on any atom is 0.329 e. The third-order valence-corrected chi connectivity index (χ3v) is 4.21. The van der Waals surface area contributed by atoms with E-state index in [4.69, 9.17) is 0 Å². The van der Waals surface area contributed by atoms with Gasteiger partial charge in [-0.05, 0) is 25.7 Å². The second kappa shape index (κ2) is 5.77. The Morgan fingerprint density at radius 2 is 1.68 bits per heavy atom. The Morgan fingerprint density at radius 1 is 1.11 bits per heavy atom. The van der Waals surface area contributed by atoms with Gasteiger partial charge < -0.3 is 20.4 Å². The van der Waals surface area contributed by atoms with Crippen LogP contribution in [-0.2, 0) is 4.79 Å². The molecule has 6 nitrogen and oxygen atoms in total. The Balaban J connectivity index is 1.97. The molecule has 2 amide bonds. The van der Waals surface area contributed by atoms with E-state index < -0.39 is 11.5 Å². The Kier molecular flexibility index (Phi) is 4.29. The fourth-order valence-corrected chi connectivity index (χ4v) is 2.90. The molecule has 6 heteroatoms. The predicted octanol–water partition coefficient (Wildman–Crippen LogP) is 0.940. The summed E-state index contributed by atoms with van der Waals surface area (Å²) in [5.41, 5.74) is -1.09. The highest BCUT2D eigenvalue weighted by molar-refractivity contribution is 5.86. The van der Waals surface area contributed by atoms with Gasteiger partial charge in [0.2, 0.25) is 0 Å². The van der Waals surface area contributed by atoms with Crippen molar-refractivity contribution in [2.75, 3.05) is 13.1 Å². The summed E-state index contributed by atoms with van der Waals surface area (Å²) in [6.07, 6.45) is 4.50. The summed E-state index contributed by atoms with van der Waals surface area (Å²) in [6.45, 7) is 0.978. The molecule has 0 aromatic heterocycles. The van der Waals surface area contributed by atoms with Gasteiger partial charge in [-0.15, -0.1) is 0 Å². The molecule has 0 aromatic rings. The van der Waals surface area contributed by atoms with Crippen LogP contribution in [0.25, 0.3) is 0 Å². The normalized spacial score (nSPS) is 23.9. The molecule has 1 saturated carbocycles. The lowest BCUT2D eigenvalue weighted by atomic mass is 9.82. The van der Waals surface area contributed by atoms with Crippen molar-refractivity contribution < 1.29 is 19.8 Å². The molecular weight excluding hydrogens is 248 g/mol. The number of nitrogens with one attached hydrogen (secondary N) is 1. The molecule has 1 aliphatic carbocycles. The monoisotopic (exact) mass is 270 g/mol. The molecule has 0 unspecified atom stereocenters. The van der Waals surface area contributed by atoms with Crippen molar-refractivity contribution in [2.45, 2.75) is 56.6 Å². The Morgan fingerprint density at radius 3 is 2.21 bits per heavy atom. The highest BCUT2D eigenvalue weighted by Gasteiger charge is 2.42. The summed E-state index contributed by atoms with van der Waals surface area (Å²) < 4.78 is 0. The number of amides is 2. The van der Waals surface area contributed by atoms with Crippen LogP contribution in [0.1, 0.15) is 44.9 Å². The van der Waals surface area contributed by atoms with Gasteiger partial charge in [-0.1, -0.05) is 19.3 Å². The van der Waals surface area contributed by atoms with E-state index in [9.17, 15) is 19.8 Å². The molecule has 2 fully saturated rings. The van der Waals surface area contributed by atoms with Gasteiger partial charge in [0.25, 0.3) is 0 Å². The lowest BCUT2D eigenvalue weighted by molar-refractivity contribution is -0.146. The molecule has 0 atom stereocenters. The molecule has 2 aliphatic rings. The minimum absolute atomic E-state index is 0.309. The predicted molar refractivity (Wildman–Crippen MR) is 68.8 cm³/mol. The number of carbonyl (C=O) groups is 2. The molecule has 19 heavy (non-hydrogen) atoms. The summed E-state index contributed by atoms with van der Waals surface area (Å²) in [5.74, 6) is -0.933. The van der Waals surface area contributed by atoms with Crippen LogP contribution >= 0.6 is 0 Å². The number of hydrogen-bond donors (Lipinski definition) is 3. The van der Waals surface area contributed by atoms with Crippen molar-refractivity contribution in [2.24, 2.45) is 0 Å². The summed E-state index contributed by atoms with van der Waals surface area (Å²) in [6, 6.07) is -0.309. The zero-order valence-corrected chi connectivity index (χ0v) is 11.1. The number of aliphatic hydroxyl groups excluding tert-OH is 1. The summed E-state index contributed by atoms with van der Waals surface area (Å²) in [5, 5.41) is 21.5. The van der Waals surface area contributed by atoms with Crippen molar-refractivity contribution in [1.29, 1.82) is 0 Å². The van der Waals surface area contributed by atoms with Gasteiger partial charge in [-0.3, -0.25) is 0 Å². The minimum atomic E-state index is -1.09. The highest BCUT2D eigenvalue weighted by Crippen LogP contribution is 2.29.